The van der Waals surface area contributed by atoms with E-state index in [0.717, 1.165) is 38.8 Å². The maximum atomic E-state index is 6.35. The minimum atomic E-state index is 0.661. The molecule has 5 aromatic carbocycles. The Morgan fingerprint density at radius 1 is 0.462 bits per heavy atom. The molecule has 0 fully saturated rings. The van der Waals surface area contributed by atoms with Gasteiger partial charge in [0.1, 0.15) is 0 Å². The van der Waals surface area contributed by atoms with Crippen molar-refractivity contribution >= 4 is 65.7 Å². The lowest BCUT2D eigenvalue weighted by molar-refractivity contribution is 0.652. The molecule has 0 amide bonds. The number of hydrogen-bond donors (Lipinski definition) is 0. The highest BCUT2D eigenvalue weighted by Crippen LogP contribution is 2.39. The molecule has 4 aromatic heterocycles. The SMILES string of the molecule is c1cnc2oc3c(-n4c5ccccc5c5cc(-n6c7ccccc7c7ccccc76)ccc54)cccc3c2c1. The molecule has 0 saturated heterocycles. The summed E-state index contributed by atoms with van der Waals surface area (Å²) in [5.74, 6) is 0. The van der Waals surface area contributed by atoms with Gasteiger partial charge in [0, 0.05) is 44.2 Å². The summed E-state index contributed by atoms with van der Waals surface area (Å²) in [5, 5.41) is 7.05. The summed E-state index contributed by atoms with van der Waals surface area (Å²) in [4.78, 5) is 4.48. The first-order valence-electron chi connectivity index (χ1n) is 13.2. The zero-order chi connectivity index (χ0) is 25.5. The van der Waals surface area contributed by atoms with E-state index in [0.29, 0.717) is 5.71 Å². The van der Waals surface area contributed by atoms with Gasteiger partial charge in [-0.2, -0.15) is 0 Å². The first-order chi connectivity index (χ1) is 19.4. The number of furan rings is 1. The second-order valence-electron chi connectivity index (χ2n) is 10.0. The van der Waals surface area contributed by atoms with E-state index in [-0.39, 0.29) is 0 Å². The van der Waals surface area contributed by atoms with Gasteiger partial charge in [-0.05, 0) is 54.6 Å². The topological polar surface area (TPSA) is 35.9 Å². The number of pyridine rings is 1. The summed E-state index contributed by atoms with van der Waals surface area (Å²) in [7, 11) is 0. The highest BCUT2D eigenvalue weighted by molar-refractivity contribution is 6.14. The standard InChI is InChI=1S/C35H21N3O/c1-4-14-29-23(9-1)24-10-2-5-15-30(24)37(29)22-18-19-32-28(21-22)25-11-3-6-16-31(25)38(32)33-17-7-12-26-27-13-8-20-36-35(27)39-34(26)33/h1-21H. The van der Waals surface area contributed by atoms with Crippen LogP contribution in [0.2, 0.25) is 0 Å². The Hall–Kier alpha value is -5.35. The molecule has 0 N–H and O–H groups in total. The average Bonchev–Trinajstić information content (AvgIpc) is 3.65. The summed E-state index contributed by atoms with van der Waals surface area (Å²) in [6, 6.07) is 43.1. The number of nitrogens with zero attached hydrogens (tertiary/aromatic N) is 3. The number of rotatable bonds is 2. The molecule has 4 heteroatoms. The van der Waals surface area contributed by atoms with Gasteiger partial charge in [-0.1, -0.05) is 66.7 Å². The summed E-state index contributed by atoms with van der Waals surface area (Å²) < 4.78 is 11.0. The quantitative estimate of drug-likeness (QED) is 0.238. The van der Waals surface area contributed by atoms with E-state index < -0.39 is 0 Å². The third kappa shape index (κ3) is 2.75. The van der Waals surface area contributed by atoms with Crippen LogP contribution in [0.5, 0.6) is 0 Å². The summed E-state index contributed by atoms with van der Waals surface area (Å²) in [6.07, 6.45) is 1.78. The summed E-state index contributed by atoms with van der Waals surface area (Å²) in [5.41, 5.74) is 8.38. The maximum absolute atomic E-state index is 6.35. The lowest BCUT2D eigenvalue weighted by Gasteiger charge is -2.10. The van der Waals surface area contributed by atoms with Gasteiger partial charge in [0.15, 0.2) is 5.58 Å². The summed E-state index contributed by atoms with van der Waals surface area (Å²) in [6.45, 7) is 0. The second-order valence-corrected chi connectivity index (χ2v) is 10.0. The third-order valence-corrected chi connectivity index (χ3v) is 7.99. The van der Waals surface area contributed by atoms with Crippen molar-refractivity contribution in [1.82, 2.24) is 14.1 Å². The first kappa shape index (κ1) is 20.7. The van der Waals surface area contributed by atoms with E-state index in [9.17, 15) is 0 Å². The maximum Gasteiger partial charge on any atom is 0.227 e. The van der Waals surface area contributed by atoms with Gasteiger partial charge < -0.3 is 13.6 Å². The molecular formula is C35H21N3O. The molecule has 0 atom stereocenters. The van der Waals surface area contributed by atoms with Gasteiger partial charge in [-0.25, -0.2) is 4.98 Å². The fourth-order valence-electron chi connectivity index (χ4n) is 6.35. The van der Waals surface area contributed by atoms with E-state index in [1.54, 1.807) is 6.20 Å². The van der Waals surface area contributed by atoms with Crippen molar-refractivity contribution in [3.05, 3.63) is 128 Å². The monoisotopic (exact) mass is 499 g/mol. The number of fused-ring (bicyclic) bond motifs is 9. The Labute approximate surface area is 222 Å². The Kier molecular flexibility index (Phi) is 4.02. The molecule has 39 heavy (non-hydrogen) atoms. The van der Waals surface area contributed by atoms with E-state index >= 15 is 0 Å². The molecule has 0 aliphatic carbocycles. The van der Waals surface area contributed by atoms with Crippen molar-refractivity contribution in [3.8, 4) is 11.4 Å². The van der Waals surface area contributed by atoms with Crippen LogP contribution in [0.15, 0.2) is 132 Å². The molecule has 0 radical (unpaired) electrons. The molecule has 0 bridgehead atoms. The van der Waals surface area contributed by atoms with Crippen molar-refractivity contribution in [2.45, 2.75) is 0 Å². The number of hydrogen-bond acceptors (Lipinski definition) is 2. The molecule has 9 aromatic rings. The molecule has 4 nitrogen and oxygen atoms in total. The van der Waals surface area contributed by atoms with Gasteiger partial charge >= 0.3 is 0 Å². The molecular weight excluding hydrogens is 478 g/mol. The van der Waals surface area contributed by atoms with E-state index in [1.807, 2.05) is 6.07 Å². The Balaban J connectivity index is 1.38. The largest absolute Gasteiger partial charge is 0.435 e. The van der Waals surface area contributed by atoms with Gasteiger partial charge in [0.2, 0.25) is 5.71 Å². The van der Waals surface area contributed by atoms with Crippen LogP contribution in [-0.4, -0.2) is 14.1 Å². The molecule has 0 aliphatic rings. The van der Waals surface area contributed by atoms with Gasteiger partial charge in [0.05, 0.1) is 27.8 Å². The Bertz CT molecular complexity index is 2350. The van der Waals surface area contributed by atoms with E-state index in [2.05, 4.69) is 129 Å². The van der Waals surface area contributed by atoms with Crippen molar-refractivity contribution in [1.29, 1.82) is 0 Å². The lowest BCUT2D eigenvalue weighted by Crippen LogP contribution is -1.96. The molecule has 9 rings (SSSR count). The van der Waals surface area contributed by atoms with Crippen LogP contribution < -0.4 is 0 Å². The van der Waals surface area contributed by atoms with Crippen LogP contribution in [0.3, 0.4) is 0 Å². The number of benzene rings is 5. The molecule has 4 heterocycles. The van der Waals surface area contributed by atoms with Gasteiger partial charge in [0.25, 0.3) is 0 Å². The zero-order valence-corrected chi connectivity index (χ0v) is 20.9. The molecule has 0 saturated carbocycles. The van der Waals surface area contributed by atoms with Crippen molar-refractivity contribution < 1.29 is 4.42 Å². The van der Waals surface area contributed by atoms with Crippen molar-refractivity contribution in [2.75, 3.05) is 0 Å². The second kappa shape index (κ2) is 7.59. The summed E-state index contributed by atoms with van der Waals surface area (Å²) >= 11 is 0. The third-order valence-electron chi connectivity index (χ3n) is 7.99. The van der Waals surface area contributed by atoms with Crippen molar-refractivity contribution in [2.24, 2.45) is 0 Å². The van der Waals surface area contributed by atoms with Crippen LogP contribution in [0.4, 0.5) is 0 Å². The minimum absolute atomic E-state index is 0.661. The smallest absolute Gasteiger partial charge is 0.227 e. The van der Waals surface area contributed by atoms with E-state index in [1.165, 1.54) is 32.6 Å². The van der Waals surface area contributed by atoms with Gasteiger partial charge in [-0.3, -0.25) is 0 Å². The molecule has 0 unspecified atom stereocenters. The highest BCUT2D eigenvalue weighted by Gasteiger charge is 2.19. The molecule has 0 spiro atoms. The minimum Gasteiger partial charge on any atom is -0.435 e. The predicted molar refractivity (Wildman–Crippen MR) is 160 cm³/mol. The fraction of sp³-hybridized carbons (Fsp3) is 0. The van der Waals surface area contributed by atoms with Crippen LogP contribution in [0.1, 0.15) is 0 Å². The van der Waals surface area contributed by atoms with Crippen LogP contribution in [0, 0.1) is 0 Å². The first-order valence-corrected chi connectivity index (χ1v) is 13.2. The number of para-hydroxylation sites is 4. The van der Waals surface area contributed by atoms with Crippen LogP contribution in [0.25, 0.3) is 77.1 Å². The normalized spacial score (nSPS) is 12.1. The Morgan fingerprint density at radius 2 is 1.05 bits per heavy atom. The van der Waals surface area contributed by atoms with E-state index in [4.69, 9.17) is 4.42 Å². The molecule has 182 valence electrons. The van der Waals surface area contributed by atoms with Crippen LogP contribution in [-0.2, 0) is 0 Å². The molecule has 0 aliphatic heterocycles. The van der Waals surface area contributed by atoms with Crippen LogP contribution >= 0.6 is 0 Å². The van der Waals surface area contributed by atoms with Gasteiger partial charge in [-0.15, -0.1) is 0 Å². The zero-order valence-electron chi connectivity index (χ0n) is 20.9. The average molecular weight is 500 g/mol. The fourth-order valence-corrected chi connectivity index (χ4v) is 6.35. The number of aromatic nitrogens is 3. The highest BCUT2D eigenvalue weighted by atomic mass is 16.3. The van der Waals surface area contributed by atoms with Crippen molar-refractivity contribution in [3.63, 3.8) is 0 Å². The lowest BCUT2D eigenvalue weighted by atomic mass is 10.1. The Morgan fingerprint density at radius 3 is 1.79 bits per heavy atom. The predicted octanol–water partition coefficient (Wildman–Crippen LogP) is 9.18.